The van der Waals surface area contributed by atoms with E-state index in [2.05, 4.69) is 44.6 Å². The Hall–Kier alpha value is -2.07. The molecule has 0 atom stereocenters. The van der Waals surface area contributed by atoms with Crippen molar-refractivity contribution in [2.24, 2.45) is 5.73 Å². The van der Waals surface area contributed by atoms with Crippen LogP contribution in [0.5, 0.6) is 0 Å². The quantitative estimate of drug-likeness (QED) is 0.758. The lowest BCUT2D eigenvalue weighted by atomic mass is 10.1. The Balaban J connectivity index is 1.84. The van der Waals surface area contributed by atoms with Gasteiger partial charge >= 0.3 is 0 Å². The molecule has 2 N–H and O–H groups in total. The van der Waals surface area contributed by atoms with Crippen LogP contribution < -0.4 is 5.73 Å². The minimum absolute atomic E-state index is 0.593. The van der Waals surface area contributed by atoms with Gasteiger partial charge in [-0.15, -0.1) is 0 Å². The summed E-state index contributed by atoms with van der Waals surface area (Å²) < 4.78 is 4.34. The first-order valence-electron chi connectivity index (χ1n) is 6.10. The van der Waals surface area contributed by atoms with Crippen molar-refractivity contribution in [3.8, 4) is 0 Å². The molecule has 2 aromatic heterocycles. The normalized spacial score (nSPS) is 11.2. The lowest BCUT2D eigenvalue weighted by Gasteiger charge is -2.06. The second-order valence-corrected chi connectivity index (χ2v) is 4.41. The fraction of sp³-hybridized carbons (Fsp3) is 0.214. The van der Waals surface area contributed by atoms with E-state index in [1.54, 1.807) is 6.20 Å². The predicted molar refractivity (Wildman–Crippen MR) is 72.1 cm³/mol. The second-order valence-electron chi connectivity index (χ2n) is 4.41. The Bertz CT molecular complexity index is 637. The van der Waals surface area contributed by atoms with Crippen LogP contribution in [0.25, 0.3) is 10.9 Å². The Morgan fingerprint density at radius 2 is 2.06 bits per heavy atom. The fourth-order valence-corrected chi connectivity index (χ4v) is 2.21. The standard InChI is InChI=1S/C14H16N4/c15-10-12-1-2-14-13(9-12)3-5-18(14)8-7-17-6-4-16-11-17/h1-6,9,11H,7-8,10,15H2. The van der Waals surface area contributed by atoms with Crippen LogP contribution in [-0.4, -0.2) is 14.1 Å². The predicted octanol–water partition coefficient (Wildman–Crippen LogP) is 2.00. The number of hydrogen-bond donors (Lipinski definition) is 1. The Morgan fingerprint density at radius 1 is 1.11 bits per heavy atom. The van der Waals surface area contributed by atoms with Crippen molar-refractivity contribution in [3.05, 3.63) is 54.7 Å². The van der Waals surface area contributed by atoms with Gasteiger partial charge in [0.05, 0.1) is 6.33 Å². The van der Waals surface area contributed by atoms with Crippen LogP contribution in [-0.2, 0) is 19.6 Å². The van der Waals surface area contributed by atoms with Crippen molar-refractivity contribution in [2.75, 3.05) is 0 Å². The Morgan fingerprint density at radius 3 is 2.83 bits per heavy atom. The third-order valence-electron chi connectivity index (χ3n) is 3.23. The highest BCUT2D eigenvalue weighted by atomic mass is 15.1. The summed E-state index contributed by atoms with van der Waals surface area (Å²) in [6.07, 6.45) is 7.76. The zero-order valence-electron chi connectivity index (χ0n) is 10.2. The lowest BCUT2D eigenvalue weighted by Crippen LogP contribution is -2.04. The zero-order chi connectivity index (χ0) is 12.4. The molecule has 0 bridgehead atoms. The van der Waals surface area contributed by atoms with Gasteiger partial charge in [0.2, 0.25) is 0 Å². The van der Waals surface area contributed by atoms with Gasteiger partial charge in [0.1, 0.15) is 0 Å². The highest BCUT2D eigenvalue weighted by Gasteiger charge is 2.01. The molecule has 18 heavy (non-hydrogen) atoms. The first-order chi connectivity index (χ1) is 8.86. The average molecular weight is 240 g/mol. The molecule has 0 spiro atoms. The minimum atomic E-state index is 0.593. The van der Waals surface area contributed by atoms with Crippen molar-refractivity contribution < 1.29 is 0 Å². The number of hydrogen-bond acceptors (Lipinski definition) is 2. The number of benzene rings is 1. The topological polar surface area (TPSA) is 48.8 Å². The van der Waals surface area contributed by atoms with Crippen molar-refractivity contribution in [2.45, 2.75) is 19.6 Å². The lowest BCUT2D eigenvalue weighted by molar-refractivity contribution is 0.592. The van der Waals surface area contributed by atoms with E-state index in [0.717, 1.165) is 13.1 Å². The molecule has 0 radical (unpaired) electrons. The summed E-state index contributed by atoms with van der Waals surface area (Å²) in [6, 6.07) is 8.53. The van der Waals surface area contributed by atoms with Crippen LogP contribution in [0.15, 0.2) is 49.2 Å². The third kappa shape index (κ3) is 2.02. The largest absolute Gasteiger partial charge is 0.346 e. The SMILES string of the molecule is NCc1ccc2c(ccn2CCn2ccnc2)c1. The molecule has 3 aromatic rings. The van der Waals surface area contributed by atoms with Gasteiger partial charge in [-0.05, 0) is 29.1 Å². The van der Waals surface area contributed by atoms with Gasteiger partial charge in [0.15, 0.2) is 0 Å². The maximum atomic E-state index is 5.65. The second kappa shape index (κ2) is 4.66. The van der Waals surface area contributed by atoms with E-state index in [1.165, 1.54) is 16.5 Å². The van der Waals surface area contributed by atoms with Crippen molar-refractivity contribution in [3.63, 3.8) is 0 Å². The summed E-state index contributed by atoms with van der Waals surface area (Å²) >= 11 is 0. The highest BCUT2D eigenvalue weighted by Crippen LogP contribution is 2.17. The van der Waals surface area contributed by atoms with Crippen LogP contribution in [0.3, 0.4) is 0 Å². The summed E-state index contributed by atoms with van der Waals surface area (Å²) in [4.78, 5) is 4.05. The zero-order valence-corrected chi connectivity index (χ0v) is 10.2. The Kier molecular flexibility index (Phi) is 2.86. The average Bonchev–Trinajstić information content (AvgIpc) is 3.05. The summed E-state index contributed by atoms with van der Waals surface area (Å²) in [5.41, 5.74) is 8.09. The molecule has 0 aliphatic rings. The first kappa shape index (κ1) is 11.0. The Labute approximate surface area is 106 Å². The summed E-state index contributed by atoms with van der Waals surface area (Å²) in [6.45, 7) is 2.47. The number of rotatable bonds is 4. The van der Waals surface area contributed by atoms with E-state index in [0.29, 0.717) is 6.54 Å². The molecule has 0 aliphatic heterocycles. The van der Waals surface area contributed by atoms with Gasteiger partial charge in [-0.3, -0.25) is 0 Å². The maximum absolute atomic E-state index is 5.65. The number of aryl methyl sites for hydroxylation is 2. The number of imidazole rings is 1. The fourth-order valence-electron chi connectivity index (χ4n) is 2.21. The summed E-state index contributed by atoms with van der Waals surface area (Å²) in [5.74, 6) is 0. The minimum Gasteiger partial charge on any atom is -0.346 e. The van der Waals surface area contributed by atoms with E-state index in [1.807, 2.05) is 12.5 Å². The van der Waals surface area contributed by atoms with Crippen LogP contribution in [0.1, 0.15) is 5.56 Å². The number of fused-ring (bicyclic) bond motifs is 1. The van der Waals surface area contributed by atoms with E-state index < -0.39 is 0 Å². The molecular formula is C14H16N4. The van der Waals surface area contributed by atoms with Crippen LogP contribution in [0.4, 0.5) is 0 Å². The molecule has 0 aliphatic carbocycles. The van der Waals surface area contributed by atoms with Crippen LogP contribution in [0.2, 0.25) is 0 Å². The van der Waals surface area contributed by atoms with Gasteiger partial charge in [0, 0.05) is 43.7 Å². The molecular weight excluding hydrogens is 224 g/mol. The number of nitrogens with zero attached hydrogens (tertiary/aromatic N) is 3. The van der Waals surface area contributed by atoms with Crippen molar-refractivity contribution in [1.82, 2.24) is 14.1 Å². The summed E-state index contributed by atoms with van der Waals surface area (Å²) in [5, 5.41) is 1.25. The van der Waals surface area contributed by atoms with Gasteiger partial charge in [0.25, 0.3) is 0 Å². The van der Waals surface area contributed by atoms with Gasteiger partial charge in [-0.25, -0.2) is 4.98 Å². The monoisotopic (exact) mass is 240 g/mol. The molecule has 3 rings (SSSR count). The summed E-state index contributed by atoms with van der Waals surface area (Å²) in [7, 11) is 0. The van der Waals surface area contributed by atoms with E-state index >= 15 is 0 Å². The molecule has 0 saturated heterocycles. The third-order valence-corrected chi connectivity index (χ3v) is 3.23. The van der Waals surface area contributed by atoms with E-state index in [4.69, 9.17) is 5.73 Å². The van der Waals surface area contributed by atoms with E-state index in [-0.39, 0.29) is 0 Å². The molecule has 92 valence electrons. The number of nitrogens with two attached hydrogens (primary N) is 1. The highest BCUT2D eigenvalue weighted by molar-refractivity contribution is 5.80. The number of aromatic nitrogens is 3. The smallest absolute Gasteiger partial charge is 0.0946 e. The molecule has 0 fully saturated rings. The molecule has 2 heterocycles. The molecule has 4 heteroatoms. The van der Waals surface area contributed by atoms with Crippen molar-refractivity contribution >= 4 is 10.9 Å². The van der Waals surface area contributed by atoms with Crippen LogP contribution in [0, 0.1) is 0 Å². The van der Waals surface area contributed by atoms with Crippen LogP contribution >= 0.6 is 0 Å². The van der Waals surface area contributed by atoms with Gasteiger partial charge in [-0.2, -0.15) is 0 Å². The van der Waals surface area contributed by atoms with Crippen molar-refractivity contribution in [1.29, 1.82) is 0 Å². The molecule has 0 saturated carbocycles. The van der Waals surface area contributed by atoms with Gasteiger partial charge in [-0.1, -0.05) is 6.07 Å². The van der Waals surface area contributed by atoms with Gasteiger partial charge < -0.3 is 14.9 Å². The molecule has 0 unspecified atom stereocenters. The molecule has 1 aromatic carbocycles. The van der Waals surface area contributed by atoms with E-state index in [9.17, 15) is 0 Å². The molecule has 4 nitrogen and oxygen atoms in total. The molecule has 0 amide bonds. The maximum Gasteiger partial charge on any atom is 0.0946 e. The first-order valence-corrected chi connectivity index (χ1v) is 6.10.